The molecule has 0 heterocycles. The van der Waals surface area contributed by atoms with Crippen LogP contribution < -0.4 is 0 Å². The highest BCUT2D eigenvalue weighted by Gasteiger charge is 1.99. The van der Waals surface area contributed by atoms with Crippen LogP contribution in [0.15, 0.2) is 72.3 Å². The molecular weight excluding hydrogens is 448 g/mol. The van der Waals surface area contributed by atoms with E-state index in [0.29, 0.717) is 11.5 Å². The van der Waals surface area contributed by atoms with Crippen molar-refractivity contribution in [1.29, 1.82) is 0 Å². The van der Waals surface area contributed by atoms with E-state index < -0.39 is 0 Å². The van der Waals surface area contributed by atoms with Gasteiger partial charge in [0.1, 0.15) is 11.5 Å². The van der Waals surface area contributed by atoms with Crippen molar-refractivity contribution in [3.05, 3.63) is 83.5 Å². The summed E-state index contributed by atoms with van der Waals surface area (Å²) >= 11 is 2.60. The first-order valence-electron chi connectivity index (χ1n) is 11.3. The van der Waals surface area contributed by atoms with E-state index in [-0.39, 0.29) is 0 Å². The molecule has 0 atom stereocenters. The molecule has 0 aliphatic heterocycles. The Hall–Kier alpha value is -1.82. The van der Waals surface area contributed by atoms with E-state index in [1.54, 1.807) is 18.4 Å². The van der Waals surface area contributed by atoms with E-state index in [0.717, 1.165) is 61.0 Å². The molecular formula is C28H44O3S2. The zero-order valence-corrected chi connectivity index (χ0v) is 22.9. The Labute approximate surface area is 211 Å². The minimum atomic E-state index is 0.422. The van der Waals surface area contributed by atoms with Gasteiger partial charge in [0.05, 0.1) is 0 Å². The van der Waals surface area contributed by atoms with E-state index >= 15 is 0 Å². The second-order valence-electron chi connectivity index (χ2n) is 7.19. The minimum absolute atomic E-state index is 0.422. The Bertz CT molecular complexity index is 754. The van der Waals surface area contributed by atoms with Crippen molar-refractivity contribution in [2.75, 3.05) is 18.3 Å². The third-order valence-corrected chi connectivity index (χ3v) is 5.32. The molecule has 0 aliphatic rings. The topological polar surface area (TPSA) is 60.7 Å². The number of para-hydroxylation sites is 2. The highest BCUT2D eigenvalue weighted by atomic mass is 32.2. The SMILES string of the molecule is CC=C(C)CCCc1ccccc1O.CC=CC.CSCCCc1ccccc1O.CSO. The highest BCUT2D eigenvalue weighted by molar-refractivity contribution is 7.98. The second-order valence-corrected chi connectivity index (χ2v) is 8.54. The van der Waals surface area contributed by atoms with E-state index in [9.17, 15) is 10.2 Å². The van der Waals surface area contributed by atoms with Crippen LogP contribution in [-0.2, 0) is 12.8 Å². The third-order valence-electron chi connectivity index (χ3n) is 4.62. The van der Waals surface area contributed by atoms with Gasteiger partial charge in [-0.25, -0.2) is 0 Å². The molecule has 0 radical (unpaired) electrons. The lowest BCUT2D eigenvalue weighted by Crippen LogP contribution is -1.87. The molecule has 3 nitrogen and oxygen atoms in total. The minimum Gasteiger partial charge on any atom is -0.508 e. The van der Waals surface area contributed by atoms with Crippen molar-refractivity contribution in [2.24, 2.45) is 0 Å². The largest absolute Gasteiger partial charge is 0.508 e. The summed E-state index contributed by atoms with van der Waals surface area (Å²) in [5, 5.41) is 18.9. The summed E-state index contributed by atoms with van der Waals surface area (Å²) in [5.41, 5.74) is 3.53. The summed E-state index contributed by atoms with van der Waals surface area (Å²) in [7, 11) is 0. The Morgan fingerprint density at radius 2 is 1.21 bits per heavy atom. The number of rotatable bonds is 8. The first-order valence-corrected chi connectivity index (χ1v) is 13.9. The molecule has 0 unspecified atom stereocenters. The number of allylic oxidation sites excluding steroid dienone is 4. The second kappa shape index (κ2) is 24.8. The lowest BCUT2D eigenvalue weighted by atomic mass is 10.0. The van der Waals surface area contributed by atoms with Gasteiger partial charge in [0, 0.05) is 6.26 Å². The van der Waals surface area contributed by atoms with Crippen LogP contribution in [0.25, 0.3) is 0 Å². The number of hydrogen-bond acceptors (Lipinski definition) is 5. The Balaban J connectivity index is 0. The third kappa shape index (κ3) is 20.5. The number of benzene rings is 2. The number of thioether (sulfide) groups is 1. The van der Waals surface area contributed by atoms with Crippen molar-refractivity contribution in [3.8, 4) is 11.5 Å². The van der Waals surface area contributed by atoms with Gasteiger partial charge in [0.25, 0.3) is 0 Å². The first-order chi connectivity index (χ1) is 15.9. The van der Waals surface area contributed by atoms with Crippen molar-refractivity contribution in [3.63, 3.8) is 0 Å². The summed E-state index contributed by atoms with van der Waals surface area (Å²) in [6.45, 7) is 8.21. The molecule has 33 heavy (non-hydrogen) atoms. The monoisotopic (exact) mass is 492 g/mol. The molecule has 0 fully saturated rings. The maximum atomic E-state index is 9.52. The molecule has 0 saturated carbocycles. The average molecular weight is 493 g/mol. The summed E-state index contributed by atoms with van der Waals surface area (Å²) in [6, 6.07) is 15.1. The quantitative estimate of drug-likeness (QED) is 0.195. The molecule has 0 amide bonds. The van der Waals surface area contributed by atoms with Crippen LogP contribution in [0.5, 0.6) is 11.5 Å². The molecule has 0 spiro atoms. The van der Waals surface area contributed by atoms with Crippen LogP contribution in [0.3, 0.4) is 0 Å². The van der Waals surface area contributed by atoms with Gasteiger partial charge in [-0.15, -0.1) is 0 Å². The van der Waals surface area contributed by atoms with Gasteiger partial charge in [-0.1, -0.05) is 60.2 Å². The molecule has 5 heteroatoms. The molecule has 0 aromatic heterocycles. The van der Waals surface area contributed by atoms with E-state index in [4.69, 9.17) is 4.55 Å². The molecule has 2 rings (SSSR count). The van der Waals surface area contributed by atoms with Gasteiger partial charge in [-0.05, 0) is 107 Å². The Kier molecular flexibility index (Phi) is 25.1. The fraction of sp³-hybridized carbons (Fsp3) is 0.429. The van der Waals surface area contributed by atoms with Gasteiger partial charge in [-0.3, -0.25) is 0 Å². The molecule has 0 bridgehead atoms. The summed E-state index contributed by atoms with van der Waals surface area (Å²) < 4.78 is 7.49. The smallest absolute Gasteiger partial charge is 0.118 e. The molecule has 0 saturated heterocycles. The first kappa shape index (κ1) is 33.4. The molecule has 2 aromatic rings. The number of aryl methyl sites for hydroxylation is 2. The average Bonchev–Trinajstić information content (AvgIpc) is 2.82. The van der Waals surface area contributed by atoms with Crippen LogP contribution >= 0.6 is 23.8 Å². The van der Waals surface area contributed by atoms with Crippen molar-refractivity contribution in [2.45, 2.75) is 59.8 Å². The maximum Gasteiger partial charge on any atom is 0.118 e. The van der Waals surface area contributed by atoms with Crippen molar-refractivity contribution in [1.82, 2.24) is 0 Å². The predicted octanol–water partition coefficient (Wildman–Crippen LogP) is 8.77. The Morgan fingerprint density at radius 3 is 1.58 bits per heavy atom. The van der Waals surface area contributed by atoms with E-state index in [1.165, 1.54) is 5.57 Å². The van der Waals surface area contributed by atoms with E-state index in [2.05, 4.69) is 26.2 Å². The van der Waals surface area contributed by atoms with E-state index in [1.807, 2.05) is 74.2 Å². The Morgan fingerprint density at radius 1 is 0.788 bits per heavy atom. The number of aromatic hydroxyl groups is 2. The lowest BCUT2D eigenvalue weighted by Gasteiger charge is -2.04. The van der Waals surface area contributed by atoms with Crippen LogP contribution in [-0.4, -0.2) is 33.0 Å². The predicted molar refractivity (Wildman–Crippen MR) is 152 cm³/mol. The molecule has 2 aromatic carbocycles. The lowest BCUT2D eigenvalue weighted by molar-refractivity contribution is 0.467. The fourth-order valence-corrected chi connectivity index (χ4v) is 2.99. The zero-order valence-electron chi connectivity index (χ0n) is 21.3. The number of hydrogen-bond donors (Lipinski definition) is 3. The van der Waals surface area contributed by atoms with Crippen molar-refractivity contribution < 1.29 is 14.8 Å². The van der Waals surface area contributed by atoms with Gasteiger partial charge < -0.3 is 14.8 Å². The molecule has 186 valence electrons. The van der Waals surface area contributed by atoms with Crippen LogP contribution in [0.4, 0.5) is 0 Å². The van der Waals surface area contributed by atoms with Gasteiger partial charge in [0.2, 0.25) is 0 Å². The fourth-order valence-electron chi connectivity index (χ4n) is 2.55. The highest BCUT2D eigenvalue weighted by Crippen LogP contribution is 2.19. The standard InChI is InChI=1S/C13H18O.C10H14OS.C4H8.CH4OS/c1-3-11(2)7-6-9-12-8-4-5-10-13(12)14;1-12-8-4-6-9-5-2-3-7-10(9)11;1-3-4-2;1-3-2/h3-5,8,10,14H,6-7,9H2,1-2H3;2-3,5,7,11H,4,6,8H2,1H3;3-4H,1-2H3;2H,1H3. The summed E-state index contributed by atoms with van der Waals surface area (Å²) in [4.78, 5) is 0. The maximum absolute atomic E-state index is 9.52. The molecule has 0 aliphatic carbocycles. The van der Waals surface area contributed by atoms with Crippen LogP contribution in [0, 0.1) is 0 Å². The number of phenolic OH excluding ortho intramolecular Hbond substituents is 2. The zero-order chi connectivity index (χ0) is 25.3. The van der Waals surface area contributed by atoms with Crippen LogP contribution in [0.1, 0.15) is 58.1 Å². The van der Waals surface area contributed by atoms with Crippen LogP contribution in [0.2, 0.25) is 0 Å². The van der Waals surface area contributed by atoms with Crippen molar-refractivity contribution >= 4 is 23.8 Å². The number of phenols is 2. The normalized spacial score (nSPS) is 10.3. The summed E-state index contributed by atoms with van der Waals surface area (Å²) in [6.07, 6.45) is 15.1. The summed E-state index contributed by atoms with van der Waals surface area (Å²) in [5.74, 6) is 2.01. The van der Waals surface area contributed by atoms with Gasteiger partial charge in [-0.2, -0.15) is 11.8 Å². The van der Waals surface area contributed by atoms with Gasteiger partial charge >= 0.3 is 0 Å². The van der Waals surface area contributed by atoms with Gasteiger partial charge in [0.15, 0.2) is 0 Å². The molecule has 3 N–H and O–H groups in total.